The number of rotatable bonds is 6. The summed E-state index contributed by atoms with van der Waals surface area (Å²) >= 11 is 5.78. The topological polar surface area (TPSA) is 87.7 Å². The number of nitrogens with one attached hydrogen (secondary N) is 2. The molecule has 1 heterocycles. The van der Waals surface area contributed by atoms with Gasteiger partial charge in [0.2, 0.25) is 5.91 Å². The molecule has 126 valence electrons. The van der Waals surface area contributed by atoms with Gasteiger partial charge in [0, 0.05) is 23.8 Å². The lowest BCUT2D eigenvalue weighted by Crippen LogP contribution is -2.55. The Morgan fingerprint density at radius 2 is 2.09 bits per heavy atom. The Balaban J connectivity index is 1.94. The van der Waals surface area contributed by atoms with E-state index in [4.69, 9.17) is 16.3 Å². The number of amides is 2. The molecular formula is C16H21ClN2O4. The highest BCUT2D eigenvalue weighted by atomic mass is 35.5. The number of carbonyl (C=O) groups is 2. The Labute approximate surface area is 140 Å². The Hall–Kier alpha value is -1.63. The minimum Gasteiger partial charge on any atom is -0.396 e. The number of ether oxygens (including phenoxy) is 1. The van der Waals surface area contributed by atoms with Gasteiger partial charge < -0.3 is 20.5 Å². The maximum atomic E-state index is 12.3. The molecule has 0 spiro atoms. The zero-order valence-electron chi connectivity index (χ0n) is 13.0. The van der Waals surface area contributed by atoms with E-state index in [2.05, 4.69) is 10.6 Å². The summed E-state index contributed by atoms with van der Waals surface area (Å²) in [6, 6.07) is 5.73. The number of halogens is 1. The third kappa shape index (κ3) is 4.67. The smallest absolute Gasteiger partial charge is 0.251 e. The fourth-order valence-electron chi connectivity index (χ4n) is 2.50. The molecule has 2 amide bonds. The molecule has 2 rings (SSSR count). The van der Waals surface area contributed by atoms with Gasteiger partial charge in [-0.25, -0.2) is 0 Å². The van der Waals surface area contributed by atoms with Crippen molar-refractivity contribution in [2.75, 3.05) is 19.8 Å². The second-order valence-corrected chi connectivity index (χ2v) is 6.18. The first-order valence-electron chi connectivity index (χ1n) is 7.53. The summed E-state index contributed by atoms with van der Waals surface area (Å²) in [5.41, 5.74) is -0.117. The molecule has 1 aliphatic heterocycles. The van der Waals surface area contributed by atoms with E-state index in [9.17, 15) is 14.7 Å². The largest absolute Gasteiger partial charge is 0.396 e. The van der Waals surface area contributed by atoms with Crippen molar-refractivity contribution in [1.29, 1.82) is 0 Å². The summed E-state index contributed by atoms with van der Waals surface area (Å²) in [6.07, 6.45) is 1.08. The monoisotopic (exact) mass is 340 g/mol. The van der Waals surface area contributed by atoms with Crippen LogP contribution in [-0.4, -0.2) is 48.3 Å². The molecule has 0 bridgehead atoms. The molecule has 1 aliphatic rings. The van der Waals surface area contributed by atoms with Gasteiger partial charge in [-0.2, -0.15) is 0 Å². The lowest BCUT2D eigenvalue weighted by Gasteiger charge is -2.29. The molecule has 23 heavy (non-hydrogen) atoms. The molecule has 3 N–H and O–H groups in total. The summed E-state index contributed by atoms with van der Waals surface area (Å²) in [7, 11) is 0. The first-order valence-corrected chi connectivity index (χ1v) is 7.91. The Morgan fingerprint density at radius 3 is 2.65 bits per heavy atom. The molecule has 2 atom stereocenters. The van der Waals surface area contributed by atoms with Crippen molar-refractivity contribution in [3.05, 3.63) is 34.9 Å². The minimum absolute atomic E-state index is 0.0326. The molecule has 1 fully saturated rings. The van der Waals surface area contributed by atoms with Crippen LogP contribution in [0.5, 0.6) is 0 Å². The van der Waals surface area contributed by atoms with E-state index in [0.29, 0.717) is 36.6 Å². The fraction of sp³-hybridized carbons (Fsp3) is 0.500. The van der Waals surface area contributed by atoms with Crippen molar-refractivity contribution in [3.63, 3.8) is 0 Å². The van der Waals surface area contributed by atoms with Crippen LogP contribution in [0.25, 0.3) is 0 Å². The predicted molar refractivity (Wildman–Crippen MR) is 86.4 cm³/mol. The van der Waals surface area contributed by atoms with Crippen LogP contribution < -0.4 is 10.6 Å². The summed E-state index contributed by atoms with van der Waals surface area (Å²) < 4.78 is 5.33. The number of hydrogen-bond acceptors (Lipinski definition) is 4. The zero-order chi connectivity index (χ0) is 16.9. The van der Waals surface area contributed by atoms with Crippen LogP contribution in [0.1, 0.15) is 30.1 Å². The quantitative estimate of drug-likeness (QED) is 0.724. The average Bonchev–Trinajstić information content (AvgIpc) is 2.96. The second kappa shape index (κ2) is 7.77. The average molecular weight is 341 g/mol. The van der Waals surface area contributed by atoms with Gasteiger partial charge in [-0.05, 0) is 44.0 Å². The maximum Gasteiger partial charge on any atom is 0.251 e. The maximum absolute atomic E-state index is 12.3. The van der Waals surface area contributed by atoms with Crippen LogP contribution in [0.15, 0.2) is 24.3 Å². The molecule has 7 heteroatoms. The molecule has 1 aromatic carbocycles. The van der Waals surface area contributed by atoms with Gasteiger partial charge in [-0.3, -0.25) is 9.59 Å². The summed E-state index contributed by atoms with van der Waals surface area (Å²) in [5.74, 6) is -0.644. The van der Waals surface area contributed by atoms with Gasteiger partial charge >= 0.3 is 0 Å². The molecule has 1 saturated heterocycles. The van der Waals surface area contributed by atoms with Crippen LogP contribution in [0, 0.1) is 0 Å². The number of carbonyl (C=O) groups excluding carboxylic acids is 2. The Bertz CT molecular complexity index is 556. The highest BCUT2D eigenvalue weighted by molar-refractivity contribution is 6.30. The number of hydrogen-bond donors (Lipinski definition) is 3. The van der Waals surface area contributed by atoms with Crippen molar-refractivity contribution in [3.8, 4) is 0 Å². The van der Waals surface area contributed by atoms with Crippen LogP contribution in [0.3, 0.4) is 0 Å². The van der Waals surface area contributed by atoms with Crippen molar-refractivity contribution in [1.82, 2.24) is 10.6 Å². The SMILES string of the molecule is C[C@@H](NC(=O)c1ccc(Cl)cc1)C(=O)N[C@@]1(CCO)CCOC1. The lowest BCUT2D eigenvalue weighted by atomic mass is 9.94. The fourth-order valence-corrected chi connectivity index (χ4v) is 2.62. The standard InChI is InChI=1S/C16H21ClN2O4/c1-11(18-15(22)12-2-4-13(17)5-3-12)14(21)19-16(6-8-20)7-9-23-10-16/h2-5,11,20H,6-10H2,1H3,(H,18,22)(H,19,21)/t11-,16+/m1/s1. The van der Waals surface area contributed by atoms with Gasteiger partial charge in [0.15, 0.2) is 0 Å². The van der Waals surface area contributed by atoms with E-state index in [1.165, 1.54) is 0 Å². The van der Waals surface area contributed by atoms with Crippen LogP contribution >= 0.6 is 11.6 Å². The summed E-state index contributed by atoms with van der Waals surface area (Å²) in [4.78, 5) is 24.4. The number of benzene rings is 1. The van der Waals surface area contributed by atoms with Gasteiger partial charge in [0.1, 0.15) is 6.04 Å². The lowest BCUT2D eigenvalue weighted by molar-refractivity contribution is -0.124. The number of aliphatic hydroxyl groups is 1. The molecular weight excluding hydrogens is 320 g/mol. The molecule has 0 aliphatic carbocycles. The molecule has 0 radical (unpaired) electrons. The predicted octanol–water partition coefficient (Wildman–Crippen LogP) is 1.12. The van der Waals surface area contributed by atoms with E-state index >= 15 is 0 Å². The molecule has 0 saturated carbocycles. The van der Waals surface area contributed by atoms with Gasteiger partial charge in [-0.1, -0.05) is 11.6 Å². The van der Waals surface area contributed by atoms with Crippen LogP contribution in [-0.2, 0) is 9.53 Å². The van der Waals surface area contributed by atoms with E-state index in [1.807, 2.05) is 0 Å². The Morgan fingerprint density at radius 1 is 1.39 bits per heavy atom. The third-order valence-corrected chi connectivity index (χ3v) is 4.18. The Kier molecular flexibility index (Phi) is 5.98. The third-order valence-electron chi connectivity index (χ3n) is 3.93. The van der Waals surface area contributed by atoms with Crippen LogP contribution in [0.2, 0.25) is 5.02 Å². The van der Waals surface area contributed by atoms with Gasteiger partial charge in [-0.15, -0.1) is 0 Å². The van der Waals surface area contributed by atoms with Crippen molar-refractivity contribution in [2.45, 2.75) is 31.3 Å². The van der Waals surface area contributed by atoms with Crippen LogP contribution in [0.4, 0.5) is 0 Å². The molecule has 6 nitrogen and oxygen atoms in total. The van der Waals surface area contributed by atoms with Gasteiger partial charge in [0.25, 0.3) is 5.91 Å². The van der Waals surface area contributed by atoms with Gasteiger partial charge in [0.05, 0.1) is 12.1 Å². The second-order valence-electron chi connectivity index (χ2n) is 5.75. The minimum atomic E-state index is -0.700. The summed E-state index contributed by atoms with van der Waals surface area (Å²) in [6.45, 7) is 2.50. The van der Waals surface area contributed by atoms with E-state index in [0.717, 1.165) is 0 Å². The highest BCUT2D eigenvalue weighted by Crippen LogP contribution is 2.22. The van der Waals surface area contributed by atoms with Crippen molar-refractivity contribution in [2.24, 2.45) is 0 Å². The molecule has 0 unspecified atom stereocenters. The van der Waals surface area contributed by atoms with E-state index in [1.54, 1.807) is 31.2 Å². The van der Waals surface area contributed by atoms with Crippen molar-refractivity contribution >= 4 is 23.4 Å². The van der Waals surface area contributed by atoms with E-state index < -0.39 is 11.6 Å². The highest BCUT2D eigenvalue weighted by Gasteiger charge is 2.37. The molecule has 1 aromatic rings. The first-order chi connectivity index (χ1) is 11.0. The van der Waals surface area contributed by atoms with Crippen molar-refractivity contribution < 1.29 is 19.4 Å². The zero-order valence-corrected chi connectivity index (χ0v) is 13.7. The first kappa shape index (κ1) is 17.7. The van der Waals surface area contributed by atoms with E-state index in [-0.39, 0.29) is 18.4 Å². The summed E-state index contributed by atoms with van der Waals surface area (Å²) in [5, 5.41) is 15.3. The molecule has 0 aromatic heterocycles. The number of aliphatic hydroxyl groups excluding tert-OH is 1. The normalized spacial score (nSPS) is 21.7.